The predicted molar refractivity (Wildman–Crippen MR) is 85.5 cm³/mol. The summed E-state index contributed by atoms with van der Waals surface area (Å²) >= 11 is 0. The topological polar surface area (TPSA) is 12.0 Å². The molecular formula is C18H31N. The fraction of sp³-hybridized carbons (Fsp3) is 0.667. The van der Waals surface area contributed by atoms with E-state index in [1.807, 2.05) is 0 Å². The molecule has 108 valence electrons. The van der Waals surface area contributed by atoms with Gasteiger partial charge >= 0.3 is 0 Å². The Bertz CT molecular complexity index is 341. The third-order valence-electron chi connectivity index (χ3n) is 4.14. The summed E-state index contributed by atoms with van der Waals surface area (Å²) in [5.74, 6) is 0.808. The molecule has 0 saturated carbocycles. The molecule has 0 aromatic heterocycles. The van der Waals surface area contributed by atoms with Gasteiger partial charge in [0.1, 0.15) is 0 Å². The standard InChI is InChI=1S/C18H31N/c1-6-14(4)13-15(5)19-18(8-3)17-11-9-16(7-2)10-12-17/h9-12,14-15,18-19H,6-8,13H2,1-5H3. The van der Waals surface area contributed by atoms with E-state index in [0.29, 0.717) is 12.1 Å². The molecule has 1 aromatic carbocycles. The number of hydrogen-bond donors (Lipinski definition) is 1. The van der Waals surface area contributed by atoms with Crippen LogP contribution in [0.1, 0.15) is 71.0 Å². The van der Waals surface area contributed by atoms with Crippen LogP contribution >= 0.6 is 0 Å². The van der Waals surface area contributed by atoms with E-state index >= 15 is 0 Å². The van der Waals surface area contributed by atoms with E-state index in [9.17, 15) is 0 Å². The van der Waals surface area contributed by atoms with Gasteiger partial charge in [-0.05, 0) is 43.2 Å². The molecule has 3 unspecified atom stereocenters. The Morgan fingerprint density at radius 1 is 0.947 bits per heavy atom. The second-order valence-corrected chi connectivity index (χ2v) is 5.87. The molecule has 0 aliphatic carbocycles. The molecule has 3 atom stereocenters. The molecule has 1 rings (SSSR count). The highest BCUT2D eigenvalue weighted by Gasteiger charge is 2.14. The van der Waals surface area contributed by atoms with E-state index in [2.05, 4.69) is 64.2 Å². The lowest BCUT2D eigenvalue weighted by atomic mass is 9.97. The van der Waals surface area contributed by atoms with Crippen molar-refractivity contribution in [2.75, 3.05) is 0 Å². The molecule has 0 amide bonds. The van der Waals surface area contributed by atoms with Crippen molar-refractivity contribution in [1.82, 2.24) is 5.32 Å². The molecule has 0 saturated heterocycles. The molecule has 0 aliphatic rings. The summed E-state index contributed by atoms with van der Waals surface area (Å²) in [4.78, 5) is 0. The van der Waals surface area contributed by atoms with Crippen molar-refractivity contribution >= 4 is 0 Å². The van der Waals surface area contributed by atoms with Crippen molar-refractivity contribution in [3.8, 4) is 0 Å². The van der Waals surface area contributed by atoms with Crippen molar-refractivity contribution < 1.29 is 0 Å². The van der Waals surface area contributed by atoms with Crippen LogP contribution in [0.5, 0.6) is 0 Å². The lowest BCUT2D eigenvalue weighted by Crippen LogP contribution is -2.31. The van der Waals surface area contributed by atoms with Gasteiger partial charge in [0.25, 0.3) is 0 Å². The van der Waals surface area contributed by atoms with Crippen LogP contribution in [0.15, 0.2) is 24.3 Å². The van der Waals surface area contributed by atoms with Crippen molar-refractivity contribution in [3.63, 3.8) is 0 Å². The Morgan fingerprint density at radius 2 is 1.58 bits per heavy atom. The minimum Gasteiger partial charge on any atom is -0.307 e. The molecule has 19 heavy (non-hydrogen) atoms. The Labute approximate surface area is 119 Å². The number of benzene rings is 1. The number of nitrogens with one attached hydrogen (secondary N) is 1. The maximum atomic E-state index is 3.79. The Balaban J connectivity index is 2.61. The van der Waals surface area contributed by atoms with Gasteiger partial charge in [0, 0.05) is 12.1 Å². The molecule has 1 heteroatoms. The first-order chi connectivity index (χ1) is 9.10. The molecule has 1 nitrogen and oxygen atoms in total. The maximum absolute atomic E-state index is 3.79. The number of aryl methyl sites for hydroxylation is 1. The predicted octanol–water partition coefficient (Wildman–Crippen LogP) is 5.11. The van der Waals surface area contributed by atoms with Crippen LogP contribution in [0.25, 0.3) is 0 Å². The van der Waals surface area contributed by atoms with Crippen LogP contribution < -0.4 is 5.32 Å². The first-order valence-corrected chi connectivity index (χ1v) is 7.95. The fourth-order valence-electron chi connectivity index (χ4n) is 2.62. The molecule has 0 spiro atoms. The van der Waals surface area contributed by atoms with Crippen LogP contribution in [0, 0.1) is 5.92 Å². The Morgan fingerprint density at radius 3 is 2.05 bits per heavy atom. The Hall–Kier alpha value is -0.820. The van der Waals surface area contributed by atoms with Crippen LogP contribution in [0.3, 0.4) is 0 Å². The quantitative estimate of drug-likeness (QED) is 0.685. The largest absolute Gasteiger partial charge is 0.307 e. The van der Waals surface area contributed by atoms with Crippen LogP contribution in [-0.2, 0) is 6.42 Å². The second kappa shape index (κ2) is 8.37. The van der Waals surface area contributed by atoms with E-state index in [0.717, 1.165) is 18.8 Å². The van der Waals surface area contributed by atoms with E-state index in [1.54, 1.807) is 0 Å². The summed E-state index contributed by atoms with van der Waals surface area (Å²) in [6.45, 7) is 11.4. The van der Waals surface area contributed by atoms with Gasteiger partial charge in [0.05, 0.1) is 0 Å². The van der Waals surface area contributed by atoms with Crippen LogP contribution in [0.2, 0.25) is 0 Å². The number of rotatable bonds is 8. The van der Waals surface area contributed by atoms with Crippen molar-refractivity contribution in [2.24, 2.45) is 5.92 Å². The molecular weight excluding hydrogens is 230 g/mol. The summed E-state index contributed by atoms with van der Waals surface area (Å²) in [5.41, 5.74) is 2.85. The molecule has 0 bridgehead atoms. The van der Waals surface area contributed by atoms with Crippen molar-refractivity contribution in [2.45, 2.75) is 72.4 Å². The third-order valence-corrected chi connectivity index (χ3v) is 4.14. The van der Waals surface area contributed by atoms with Gasteiger partial charge in [-0.3, -0.25) is 0 Å². The summed E-state index contributed by atoms with van der Waals surface area (Å²) in [5, 5.41) is 3.79. The summed E-state index contributed by atoms with van der Waals surface area (Å²) in [6.07, 6.45) is 4.80. The summed E-state index contributed by atoms with van der Waals surface area (Å²) < 4.78 is 0. The molecule has 0 aliphatic heterocycles. The fourth-order valence-corrected chi connectivity index (χ4v) is 2.62. The van der Waals surface area contributed by atoms with E-state index in [-0.39, 0.29) is 0 Å². The average molecular weight is 261 g/mol. The highest BCUT2D eigenvalue weighted by atomic mass is 14.9. The normalized spacial score (nSPS) is 16.1. The average Bonchev–Trinajstić information content (AvgIpc) is 2.44. The van der Waals surface area contributed by atoms with Gasteiger partial charge in [-0.1, -0.05) is 58.4 Å². The third kappa shape index (κ3) is 5.36. The van der Waals surface area contributed by atoms with Gasteiger partial charge < -0.3 is 5.32 Å². The summed E-state index contributed by atoms with van der Waals surface area (Å²) in [6, 6.07) is 10.2. The van der Waals surface area contributed by atoms with Gasteiger partial charge in [0.2, 0.25) is 0 Å². The molecule has 1 N–H and O–H groups in total. The monoisotopic (exact) mass is 261 g/mol. The van der Waals surface area contributed by atoms with E-state index in [4.69, 9.17) is 0 Å². The van der Waals surface area contributed by atoms with Gasteiger partial charge in [-0.2, -0.15) is 0 Å². The Kier molecular flexibility index (Phi) is 7.15. The van der Waals surface area contributed by atoms with Crippen molar-refractivity contribution in [1.29, 1.82) is 0 Å². The molecule has 0 radical (unpaired) electrons. The molecule has 0 fully saturated rings. The SMILES string of the molecule is CCc1ccc(C(CC)NC(C)CC(C)CC)cc1. The smallest absolute Gasteiger partial charge is 0.0319 e. The van der Waals surface area contributed by atoms with E-state index in [1.165, 1.54) is 24.0 Å². The molecule has 0 heterocycles. The zero-order valence-corrected chi connectivity index (χ0v) is 13.4. The zero-order chi connectivity index (χ0) is 14.3. The minimum atomic E-state index is 0.491. The first-order valence-electron chi connectivity index (χ1n) is 7.95. The number of hydrogen-bond acceptors (Lipinski definition) is 1. The first kappa shape index (κ1) is 16.2. The van der Waals surface area contributed by atoms with Crippen LogP contribution in [-0.4, -0.2) is 6.04 Å². The zero-order valence-electron chi connectivity index (χ0n) is 13.4. The highest BCUT2D eigenvalue weighted by molar-refractivity contribution is 5.25. The summed E-state index contributed by atoms with van der Waals surface area (Å²) in [7, 11) is 0. The van der Waals surface area contributed by atoms with E-state index < -0.39 is 0 Å². The minimum absolute atomic E-state index is 0.491. The van der Waals surface area contributed by atoms with Gasteiger partial charge in [-0.15, -0.1) is 0 Å². The maximum Gasteiger partial charge on any atom is 0.0319 e. The van der Waals surface area contributed by atoms with Crippen molar-refractivity contribution in [3.05, 3.63) is 35.4 Å². The van der Waals surface area contributed by atoms with Gasteiger partial charge in [0.15, 0.2) is 0 Å². The highest BCUT2D eigenvalue weighted by Crippen LogP contribution is 2.20. The van der Waals surface area contributed by atoms with Crippen LogP contribution in [0.4, 0.5) is 0 Å². The lowest BCUT2D eigenvalue weighted by Gasteiger charge is -2.24. The van der Waals surface area contributed by atoms with Gasteiger partial charge in [-0.25, -0.2) is 0 Å². The second-order valence-electron chi connectivity index (χ2n) is 5.87. The lowest BCUT2D eigenvalue weighted by molar-refractivity contribution is 0.371. The molecule has 1 aromatic rings.